The van der Waals surface area contributed by atoms with Crippen molar-refractivity contribution in [2.45, 2.75) is 25.4 Å². The van der Waals surface area contributed by atoms with Crippen molar-refractivity contribution in [3.8, 4) is 0 Å². The number of piperidine rings is 1. The quantitative estimate of drug-likeness (QED) is 0.769. The van der Waals surface area contributed by atoms with Crippen LogP contribution in [0, 0.1) is 0 Å². The largest absolute Gasteiger partial charge is 0.465 e. The molecule has 1 aliphatic heterocycles. The summed E-state index contributed by atoms with van der Waals surface area (Å²) in [7, 11) is 0. The Bertz CT molecular complexity index is 466. The number of nitrogens with one attached hydrogen (secondary N) is 2. The highest BCUT2D eigenvalue weighted by Crippen LogP contribution is 2.10. The molecule has 1 unspecified atom stereocenters. The molecule has 20 heavy (non-hydrogen) atoms. The second-order valence-electron chi connectivity index (χ2n) is 4.71. The molecule has 1 aromatic heterocycles. The Labute approximate surface area is 117 Å². The number of likely N-dealkylation sites (tertiary alicyclic amines) is 1. The smallest absolute Gasteiger partial charge is 0.404 e. The standard InChI is InChI=1S/C13H18N4O3/c18-12(15-8-10-4-1-2-6-14-10)17-7-3-5-11(9-17)16-13(19)20/h1-2,4,6,11,16H,3,5,7-9H2,(H,15,18)(H,19,20). The van der Waals surface area contributed by atoms with E-state index in [-0.39, 0.29) is 12.1 Å². The van der Waals surface area contributed by atoms with Crippen LogP contribution in [0.5, 0.6) is 0 Å². The number of carbonyl (C=O) groups excluding carboxylic acids is 1. The maximum absolute atomic E-state index is 12.0. The number of urea groups is 1. The molecular formula is C13H18N4O3. The molecule has 0 radical (unpaired) electrons. The molecule has 108 valence electrons. The third-order valence-corrected chi connectivity index (χ3v) is 3.18. The van der Waals surface area contributed by atoms with E-state index >= 15 is 0 Å². The Morgan fingerprint density at radius 1 is 1.45 bits per heavy atom. The predicted octanol–water partition coefficient (Wildman–Crippen LogP) is 1.02. The van der Waals surface area contributed by atoms with Gasteiger partial charge >= 0.3 is 12.1 Å². The van der Waals surface area contributed by atoms with Crippen LogP contribution in [0.4, 0.5) is 9.59 Å². The molecule has 1 saturated heterocycles. The van der Waals surface area contributed by atoms with Crippen LogP contribution in [0.1, 0.15) is 18.5 Å². The first-order valence-corrected chi connectivity index (χ1v) is 6.57. The van der Waals surface area contributed by atoms with Crippen molar-refractivity contribution in [2.75, 3.05) is 13.1 Å². The Kier molecular flexibility index (Phi) is 4.75. The molecule has 0 aromatic carbocycles. The van der Waals surface area contributed by atoms with Gasteiger partial charge in [-0.05, 0) is 25.0 Å². The lowest BCUT2D eigenvalue weighted by Gasteiger charge is -2.32. The molecule has 1 aliphatic rings. The molecule has 0 aliphatic carbocycles. The van der Waals surface area contributed by atoms with E-state index in [1.165, 1.54) is 0 Å². The Morgan fingerprint density at radius 2 is 2.30 bits per heavy atom. The molecule has 1 aromatic rings. The SMILES string of the molecule is O=C(O)NC1CCCN(C(=O)NCc2ccccn2)C1. The van der Waals surface area contributed by atoms with Crippen LogP contribution in [-0.4, -0.2) is 46.2 Å². The van der Waals surface area contributed by atoms with Crippen molar-refractivity contribution < 1.29 is 14.7 Å². The maximum Gasteiger partial charge on any atom is 0.404 e. The third-order valence-electron chi connectivity index (χ3n) is 3.18. The summed E-state index contributed by atoms with van der Waals surface area (Å²) in [5, 5.41) is 13.9. The lowest BCUT2D eigenvalue weighted by Crippen LogP contribution is -2.51. The predicted molar refractivity (Wildman–Crippen MR) is 72.2 cm³/mol. The second-order valence-corrected chi connectivity index (χ2v) is 4.71. The van der Waals surface area contributed by atoms with Crippen molar-refractivity contribution in [3.63, 3.8) is 0 Å². The number of rotatable bonds is 3. The molecule has 3 amide bonds. The number of carbonyl (C=O) groups is 2. The summed E-state index contributed by atoms with van der Waals surface area (Å²) < 4.78 is 0. The van der Waals surface area contributed by atoms with E-state index in [2.05, 4.69) is 15.6 Å². The zero-order chi connectivity index (χ0) is 14.4. The van der Waals surface area contributed by atoms with E-state index in [9.17, 15) is 9.59 Å². The summed E-state index contributed by atoms with van der Waals surface area (Å²) in [6, 6.07) is 5.14. The summed E-state index contributed by atoms with van der Waals surface area (Å²) in [6.07, 6.45) is 2.18. The van der Waals surface area contributed by atoms with Gasteiger partial charge in [-0.15, -0.1) is 0 Å². The number of hydrogen-bond donors (Lipinski definition) is 3. The number of amides is 3. The van der Waals surface area contributed by atoms with Crippen LogP contribution in [0.15, 0.2) is 24.4 Å². The summed E-state index contributed by atoms with van der Waals surface area (Å²) in [5.41, 5.74) is 0.790. The van der Waals surface area contributed by atoms with Crippen LogP contribution in [0.3, 0.4) is 0 Å². The zero-order valence-corrected chi connectivity index (χ0v) is 11.1. The van der Waals surface area contributed by atoms with Gasteiger partial charge < -0.3 is 20.6 Å². The van der Waals surface area contributed by atoms with Gasteiger partial charge in [0.05, 0.1) is 12.2 Å². The highest BCUT2D eigenvalue weighted by Gasteiger charge is 2.24. The third kappa shape index (κ3) is 4.11. The lowest BCUT2D eigenvalue weighted by atomic mass is 10.1. The van der Waals surface area contributed by atoms with E-state index < -0.39 is 6.09 Å². The zero-order valence-electron chi connectivity index (χ0n) is 11.1. The van der Waals surface area contributed by atoms with E-state index in [1.54, 1.807) is 11.1 Å². The minimum absolute atomic E-state index is 0.187. The van der Waals surface area contributed by atoms with E-state index in [0.29, 0.717) is 19.6 Å². The molecule has 7 nitrogen and oxygen atoms in total. The van der Waals surface area contributed by atoms with Crippen molar-refractivity contribution in [2.24, 2.45) is 0 Å². The highest BCUT2D eigenvalue weighted by molar-refractivity contribution is 5.74. The van der Waals surface area contributed by atoms with Crippen LogP contribution >= 0.6 is 0 Å². The first kappa shape index (κ1) is 14.1. The number of carboxylic acid groups (broad SMARTS) is 1. The molecule has 0 saturated carbocycles. The fourth-order valence-electron chi connectivity index (χ4n) is 2.23. The summed E-state index contributed by atoms with van der Waals surface area (Å²) in [6.45, 7) is 1.42. The van der Waals surface area contributed by atoms with Crippen molar-refractivity contribution in [3.05, 3.63) is 30.1 Å². The Hall–Kier alpha value is -2.31. The van der Waals surface area contributed by atoms with Crippen LogP contribution in [0.25, 0.3) is 0 Å². The Balaban J connectivity index is 1.81. The molecule has 1 fully saturated rings. The molecule has 2 heterocycles. The van der Waals surface area contributed by atoms with E-state index in [4.69, 9.17) is 5.11 Å². The van der Waals surface area contributed by atoms with Gasteiger partial charge in [0, 0.05) is 25.3 Å². The second kappa shape index (κ2) is 6.74. The molecule has 0 spiro atoms. The molecule has 2 rings (SSSR count). The highest BCUT2D eigenvalue weighted by atomic mass is 16.4. The van der Waals surface area contributed by atoms with Crippen LogP contribution in [0.2, 0.25) is 0 Å². The fourth-order valence-corrected chi connectivity index (χ4v) is 2.23. The first-order chi connectivity index (χ1) is 9.65. The molecule has 1 atom stereocenters. The Morgan fingerprint density at radius 3 is 3.00 bits per heavy atom. The number of aromatic nitrogens is 1. The molecular weight excluding hydrogens is 260 g/mol. The topological polar surface area (TPSA) is 94.6 Å². The van der Waals surface area contributed by atoms with Crippen LogP contribution < -0.4 is 10.6 Å². The molecule has 0 bridgehead atoms. The maximum atomic E-state index is 12.0. The van der Waals surface area contributed by atoms with Gasteiger partial charge in [-0.3, -0.25) is 4.98 Å². The van der Waals surface area contributed by atoms with Gasteiger partial charge in [-0.25, -0.2) is 9.59 Å². The van der Waals surface area contributed by atoms with Crippen LogP contribution in [-0.2, 0) is 6.54 Å². The summed E-state index contributed by atoms with van der Waals surface area (Å²) >= 11 is 0. The number of hydrogen-bond acceptors (Lipinski definition) is 3. The number of nitrogens with zero attached hydrogens (tertiary/aromatic N) is 2. The van der Waals surface area contributed by atoms with Crippen molar-refractivity contribution in [1.82, 2.24) is 20.5 Å². The van der Waals surface area contributed by atoms with Crippen molar-refractivity contribution >= 4 is 12.1 Å². The van der Waals surface area contributed by atoms with Gasteiger partial charge in [0.1, 0.15) is 0 Å². The average molecular weight is 278 g/mol. The van der Waals surface area contributed by atoms with Gasteiger partial charge in [0.25, 0.3) is 0 Å². The van der Waals surface area contributed by atoms with E-state index in [0.717, 1.165) is 18.5 Å². The van der Waals surface area contributed by atoms with Gasteiger partial charge in [-0.1, -0.05) is 6.07 Å². The van der Waals surface area contributed by atoms with Gasteiger partial charge in [0.2, 0.25) is 0 Å². The minimum Gasteiger partial charge on any atom is -0.465 e. The summed E-state index contributed by atoms with van der Waals surface area (Å²) in [5.74, 6) is 0. The minimum atomic E-state index is -1.05. The van der Waals surface area contributed by atoms with Crippen molar-refractivity contribution in [1.29, 1.82) is 0 Å². The molecule has 3 N–H and O–H groups in total. The average Bonchev–Trinajstić information content (AvgIpc) is 2.45. The summed E-state index contributed by atoms with van der Waals surface area (Å²) in [4.78, 5) is 28.4. The number of pyridine rings is 1. The monoisotopic (exact) mass is 278 g/mol. The van der Waals surface area contributed by atoms with Gasteiger partial charge in [0.15, 0.2) is 0 Å². The lowest BCUT2D eigenvalue weighted by molar-refractivity contribution is 0.160. The van der Waals surface area contributed by atoms with E-state index in [1.807, 2.05) is 18.2 Å². The molecule has 7 heteroatoms. The fraction of sp³-hybridized carbons (Fsp3) is 0.462. The van der Waals surface area contributed by atoms with Gasteiger partial charge in [-0.2, -0.15) is 0 Å². The first-order valence-electron chi connectivity index (χ1n) is 6.57. The normalized spacial score (nSPS) is 18.4.